The van der Waals surface area contributed by atoms with Gasteiger partial charge in [0.1, 0.15) is 0 Å². The summed E-state index contributed by atoms with van der Waals surface area (Å²) in [5.74, 6) is -0.125. The van der Waals surface area contributed by atoms with Gasteiger partial charge in [0.2, 0.25) is 0 Å². The number of rotatable bonds is 3. The van der Waals surface area contributed by atoms with Gasteiger partial charge in [-0.3, -0.25) is 9.48 Å². The normalized spacial score (nSPS) is 16.4. The summed E-state index contributed by atoms with van der Waals surface area (Å²) < 4.78 is 1.56. The highest BCUT2D eigenvalue weighted by Crippen LogP contribution is 2.42. The molecule has 1 saturated heterocycles. The molecule has 3 aromatic rings. The molecule has 27 heavy (non-hydrogen) atoms. The van der Waals surface area contributed by atoms with Gasteiger partial charge in [-0.15, -0.1) is 11.3 Å². The van der Waals surface area contributed by atoms with Gasteiger partial charge in [-0.2, -0.15) is 5.10 Å². The van der Waals surface area contributed by atoms with Crippen LogP contribution in [0, 0.1) is 0 Å². The first kappa shape index (κ1) is 18.0. The van der Waals surface area contributed by atoms with Crippen molar-refractivity contribution in [3.63, 3.8) is 0 Å². The number of hydrogen-bond acceptors (Lipinski definition) is 5. The Labute approximate surface area is 166 Å². The lowest BCUT2D eigenvalue weighted by Crippen LogP contribution is -2.46. The second kappa shape index (κ2) is 6.98. The average Bonchev–Trinajstić information content (AvgIpc) is 3.27. The molecule has 0 spiro atoms. The van der Waals surface area contributed by atoms with Gasteiger partial charge in [-0.05, 0) is 18.4 Å². The van der Waals surface area contributed by atoms with Gasteiger partial charge >= 0.3 is 0 Å². The maximum Gasteiger partial charge on any atom is 0.275 e. The smallest absolute Gasteiger partial charge is 0.275 e. The molecular formula is C19H20ClN5OS. The van der Waals surface area contributed by atoms with Gasteiger partial charge in [0.05, 0.1) is 10.7 Å². The molecule has 0 unspecified atom stereocenters. The van der Waals surface area contributed by atoms with Crippen molar-refractivity contribution in [1.29, 1.82) is 0 Å². The minimum atomic E-state index is -0.236. The number of benzene rings is 1. The number of carbonyl (C=O) groups excluding carboxylic acids is 1. The zero-order chi connectivity index (χ0) is 19.0. The van der Waals surface area contributed by atoms with Crippen LogP contribution in [0.5, 0.6) is 0 Å². The van der Waals surface area contributed by atoms with E-state index in [-0.39, 0.29) is 11.3 Å². The summed E-state index contributed by atoms with van der Waals surface area (Å²) in [5.41, 5.74) is 8.18. The predicted octanol–water partition coefficient (Wildman–Crippen LogP) is 3.33. The second-order valence-corrected chi connectivity index (χ2v) is 8.11. The number of amides is 1. The monoisotopic (exact) mass is 401 g/mol. The van der Waals surface area contributed by atoms with Crippen LogP contribution >= 0.6 is 22.9 Å². The lowest BCUT2D eigenvalue weighted by molar-refractivity contribution is 0.0677. The van der Waals surface area contributed by atoms with E-state index in [0.29, 0.717) is 28.9 Å². The first-order chi connectivity index (χ1) is 13.0. The third-order valence-electron chi connectivity index (χ3n) is 5.23. The fraction of sp³-hybridized carbons (Fsp3) is 0.316. The second-order valence-electron chi connectivity index (χ2n) is 6.81. The molecule has 0 atom stereocenters. The summed E-state index contributed by atoms with van der Waals surface area (Å²) >= 11 is 7.61. The van der Waals surface area contributed by atoms with Crippen molar-refractivity contribution in [2.24, 2.45) is 7.05 Å². The van der Waals surface area contributed by atoms with Crippen LogP contribution in [0.4, 0.5) is 5.13 Å². The zero-order valence-corrected chi connectivity index (χ0v) is 16.5. The maximum atomic E-state index is 12.9. The van der Waals surface area contributed by atoms with Crippen LogP contribution in [0.3, 0.4) is 0 Å². The SMILES string of the molecule is Cn1cc(Cl)c(C(=O)N2CCC(c3ccccc3)(c3csc(N)n3)CC2)n1. The van der Waals surface area contributed by atoms with Crippen molar-refractivity contribution < 1.29 is 4.79 Å². The number of nitrogen functional groups attached to an aromatic ring is 1. The average molecular weight is 402 g/mol. The fourth-order valence-corrected chi connectivity index (χ4v) is 4.72. The molecule has 2 aromatic heterocycles. The summed E-state index contributed by atoms with van der Waals surface area (Å²) in [6.45, 7) is 1.22. The highest BCUT2D eigenvalue weighted by Gasteiger charge is 2.41. The van der Waals surface area contributed by atoms with Crippen LogP contribution in [0.1, 0.15) is 34.6 Å². The number of aryl methyl sites for hydroxylation is 1. The molecular weight excluding hydrogens is 382 g/mol. The van der Waals surface area contributed by atoms with Gasteiger partial charge in [-0.1, -0.05) is 41.9 Å². The van der Waals surface area contributed by atoms with Gasteiger partial charge < -0.3 is 10.6 Å². The Morgan fingerprint density at radius 1 is 1.26 bits per heavy atom. The Morgan fingerprint density at radius 2 is 1.96 bits per heavy atom. The molecule has 0 radical (unpaired) electrons. The molecule has 0 bridgehead atoms. The van der Waals surface area contributed by atoms with Crippen molar-refractivity contribution in [2.45, 2.75) is 18.3 Å². The largest absolute Gasteiger partial charge is 0.375 e. The van der Waals surface area contributed by atoms with E-state index in [4.69, 9.17) is 17.3 Å². The Hall–Kier alpha value is -2.38. The minimum absolute atomic E-state index is 0.125. The Morgan fingerprint density at radius 3 is 2.52 bits per heavy atom. The maximum absolute atomic E-state index is 12.9. The lowest BCUT2D eigenvalue weighted by Gasteiger charge is -2.41. The molecule has 1 aromatic carbocycles. The molecule has 2 N–H and O–H groups in total. The molecule has 8 heteroatoms. The van der Waals surface area contributed by atoms with E-state index in [1.807, 2.05) is 28.5 Å². The number of carbonyl (C=O) groups is 1. The standard InChI is InChI=1S/C19H20ClN5OS/c1-24-11-14(20)16(23-24)17(26)25-9-7-19(8-10-25,13-5-3-2-4-6-13)15-12-27-18(21)22-15/h2-6,11-12H,7-10H2,1H3,(H2,21,22). The number of thiazole rings is 1. The van der Waals surface area contributed by atoms with Gasteiger partial charge in [-0.25, -0.2) is 4.98 Å². The summed E-state index contributed by atoms with van der Waals surface area (Å²) in [7, 11) is 1.76. The van der Waals surface area contributed by atoms with Crippen molar-refractivity contribution in [3.05, 3.63) is 63.9 Å². The molecule has 6 nitrogen and oxygen atoms in total. The van der Waals surface area contributed by atoms with E-state index in [2.05, 4.69) is 22.2 Å². The molecule has 0 saturated carbocycles. The number of nitrogens with two attached hydrogens (primary N) is 1. The molecule has 1 aliphatic rings. The van der Waals surface area contributed by atoms with Crippen LogP contribution < -0.4 is 5.73 Å². The van der Waals surface area contributed by atoms with Crippen LogP contribution in [-0.2, 0) is 12.5 Å². The number of anilines is 1. The molecule has 0 aliphatic carbocycles. The number of nitrogens with zero attached hydrogens (tertiary/aromatic N) is 4. The Balaban J connectivity index is 1.62. The topological polar surface area (TPSA) is 77.0 Å². The van der Waals surface area contributed by atoms with Gasteiger partial charge in [0, 0.05) is 37.1 Å². The molecule has 1 fully saturated rings. The third kappa shape index (κ3) is 3.21. The molecule has 1 amide bonds. The van der Waals surface area contributed by atoms with Gasteiger partial charge in [0.15, 0.2) is 10.8 Å². The highest BCUT2D eigenvalue weighted by molar-refractivity contribution is 7.13. The van der Waals surface area contributed by atoms with Gasteiger partial charge in [0.25, 0.3) is 5.91 Å². The minimum Gasteiger partial charge on any atom is -0.375 e. The van der Waals surface area contributed by atoms with E-state index < -0.39 is 0 Å². The van der Waals surface area contributed by atoms with E-state index in [1.54, 1.807) is 17.9 Å². The number of likely N-dealkylation sites (tertiary alicyclic amines) is 1. The third-order valence-corrected chi connectivity index (χ3v) is 6.18. The molecule has 3 heterocycles. The van der Waals surface area contributed by atoms with Crippen molar-refractivity contribution in [1.82, 2.24) is 19.7 Å². The van der Waals surface area contributed by atoms with Crippen LogP contribution in [0.25, 0.3) is 0 Å². The highest BCUT2D eigenvalue weighted by atomic mass is 35.5. The zero-order valence-electron chi connectivity index (χ0n) is 14.9. The number of aromatic nitrogens is 3. The Bertz CT molecular complexity index is 960. The summed E-state index contributed by atoms with van der Waals surface area (Å²) in [5, 5.41) is 7.20. The number of halogens is 1. The first-order valence-electron chi connectivity index (χ1n) is 8.75. The van der Waals surface area contributed by atoms with E-state index in [0.717, 1.165) is 18.5 Å². The van der Waals surface area contributed by atoms with E-state index >= 15 is 0 Å². The van der Waals surface area contributed by atoms with Crippen LogP contribution in [-0.4, -0.2) is 38.7 Å². The van der Waals surface area contributed by atoms with E-state index in [9.17, 15) is 4.79 Å². The number of hydrogen-bond donors (Lipinski definition) is 1. The predicted molar refractivity (Wildman–Crippen MR) is 107 cm³/mol. The summed E-state index contributed by atoms with van der Waals surface area (Å²) in [6, 6.07) is 10.3. The summed E-state index contributed by atoms with van der Waals surface area (Å²) in [6.07, 6.45) is 3.19. The van der Waals surface area contributed by atoms with Crippen molar-refractivity contribution in [2.75, 3.05) is 18.8 Å². The summed E-state index contributed by atoms with van der Waals surface area (Å²) in [4.78, 5) is 19.3. The Kier molecular flexibility index (Phi) is 4.65. The van der Waals surface area contributed by atoms with Crippen molar-refractivity contribution in [3.8, 4) is 0 Å². The number of piperidine rings is 1. The van der Waals surface area contributed by atoms with Crippen LogP contribution in [0.15, 0.2) is 41.9 Å². The first-order valence-corrected chi connectivity index (χ1v) is 10.0. The van der Waals surface area contributed by atoms with Crippen molar-refractivity contribution >= 4 is 34.0 Å². The molecule has 140 valence electrons. The lowest BCUT2D eigenvalue weighted by atomic mass is 9.70. The van der Waals surface area contributed by atoms with E-state index in [1.165, 1.54) is 16.9 Å². The van der Waals surface area contributed by atoms with Crippen LogP contribution in [0.2, 0.25) is 5.02 Å². The molecule has 4 rings (SSSR count). The fourth-order valence-electron chi connectivity index (χ4n) is 3.80. The quantitative estimate of drug-likeness (QED) is 0.730. The molecule has 1 aliphatic heterocycles.